The van der Waals surface area contributed by atoms with Crippen LogP contribution in [0.5, 0.6) is 0 Å². The Morgan fingerprint density at radius 1 is 1.00 bits per heavy atom. The van der Waals surface area contributed by atoms with Gasteiger partial charge in [-0.05, 0) is 71.6 Å². The van der Waals surface area contributed by atoms with Crippen LogP contribution in [0, 0.1) is 33.5 Å². The number of hydrogen-bond donors (Lipinski definition) is 1. The highest BCUT2D eigenvalue weighted by molar-refractivity contribution is 6.10. The molecule has 5 atom stereocenters. The summed E-state index contributed by atoms with van der Waals surface area (Å²) in [6.45, 7) is 16.8. The molecule has 0 spiro atoms. The van der Waals surface area contributed by atoms with Gasteiger partial charge < -0.3 is 14.6 Å². The van der Waals surface area contributed by atoms with Gasteiger partial charge in [-0.1, -0.05) is 20.8 Å². The van der Waals surface area contributed by atoms with Gasteiger partial charge in [0.2, 0.25) is 5.78 Å². The molecule has 0 bridgehead atoms. The van der Waals surface area contributed by atoms with Crippen LogP contribution in [0.15, 0.2) is 11.1 Å². The van der Waals surface area contributed by atoms with Crippen molar-refractivity contribution >= 4 is 17.7 Å². The minimum atomic E-state index is -0.864. The molecular weight excluding hydrogens is 396 g/mol. The molecule has 6 nitrogen and oxygen atoms in total. The van der Waals surface area contributed by atoms with E-state index in [2.05, 4.69) is 13.8 Å². The zero-order valence-electron chi connectivity index (χ0n) is 20.4. The zero-order valence-corrected chi connectivity index (χ0v) is 20.4. The summed E-state index contributed by atoms with van der Waals surface area (Å²) in [6, 6.07) is 0. The fraction of sp³-hybridized carbons (Fsp3) is 0.800. The number of carbonyl (C=O) groups is 3. The summed E-state index contributed by atoms with van der Waals surface area (Å²) >= 11 is 0. The number of hydrogen-bond acceptors (Lipinski definition) is 6. The number of carbonyl (C=O) groups excluding carboxylic acids is 3. The van der Waals surface area contributed by atoms with Gasteiger partial charge >= 0.3 is 11.9 Å². The minimum absolute atomic E-state index is 0.000800. The molecule has 0 aromatic rings. The van der Waals surface area contributed by atoms with E-state index >= 15 is 0 Å². The van der Waals surface area contributed by atoms with Gasteiger partial charge in [-0.25, -0.2) is 0 Å². The van der Waals surface area contributed by atoms with Crippen molar-refractivity contribution < 1.29 is 29.0 Å². The van der Waals surface area contributed by atoms with Gasteiger partial charge in [-0.15, -0.1) is 0 Å². The molecule has 0 radical (unpaired) electrons. The van der Waals surface area contributed by atoms with Crippen molar-refractivity contribution in [3.8, 4) is 0 Å². The highest BCUT2D eigenvalue weighted by Crippen LogP contribution is 2.65. The van der Waals surface area contributed by atoms with Crippen LogP contribution in [0.2, 0.25) is 0 Å². The van der Waals surface area contributed by atoms with Crippen molar-refractivity contribution in [2.75, 3.05) is 6.61 Å². The monoisotopic (exact) mass is 434 g/mol. The van der Waals surface area contributed by atoms with Crippen molar-refractivity contribution in [2.45, 2.75) is 87.4 Å². The second-order valence-electron chi connectivity index (χ2n) is 12.7. The smallest absolute Gasteiger partial charge is 0.311 e. The van der Waals surface area contributed by atoms with Gasteiger partial charge in [0, 0.05) is 16.6 Å². The first-order chi connectivity index (χ1) is 13.9. The van der Waals surface area contributed by atoms with Crippen LogP contribution in [0.25, 0.3) is 0 Å². The first kappa shape index (κ1) is 24.0. The van der Waals surface area contributed by atoms with Crippen LogP contribution in [-0.4, -0.2) is 41.6 Å². The molecule has 2 saturated carbocycles. The normalized spacial score (nSPS) is 34.6. The van der Waals surface area contributed by atoms with E-state index in [1.165, 1.54) is 0 Å². The minimum Gasteiger partial charge on any atom is -0.461 e. The Morgan fingerprint density at radius 2 is 1.55 bits per heavy atom. The highest BCUT2D eigenvalue weighted by Gasteiger charge is 2.69. The number of esters is 2. The van der Waals surface area contributed by atoms with Crippen molar-refractivity contribution in [3.05, 3.63) is 11.1 Å². The number of ether oxygens (including phenoxy) is 2. The van der Waals surface area contributed by atoms with Gasteiger partial charge in [0.05, 0.1) is 16.9 Å². The number of Topliss-reactive ketones (excluding diaryl/α,β-unsaturated/α-hetero) is 1. The predicted octanol–water partition coefficient (Wildman–Crippen LogP) is 3.85. The summed E-state index contributed by atoms with van der Waals surface area (Å²) in [4.78, 5) is 38.2. The lowest BCUT2D eigenvalue weighted by Gasteiger charge is -2.57. The predicted molar refractivity (Wildman–Crippen MR) is 116 cm³/mol. The summed E-state index contributed by atoms with van der Waals surface area (Å²) in [6.07, 6.45) is -0.0741. The first-order valence-corrected chi connectivity index (χ1v) is 11.3. The molecule has 6 heteroatoms. The summed E-state index contributed by atoms with van der Waals surface area (Å²) in [5.74, 6) is -1.12. The molecular formula is C25H38O6. The van der Waals surface area contributed by atoms with E-state index in [0.717, 1.165) is 12.8 Å². The van der Waals surface area contributed by atoms with Gasteiger partial charge in [0.25, 0.3) is 0 Å². The number of fused-ring (bicyclic) bond motifs is 3. The largest absolute Gasteiger partial charge is 0.461 e. The van der Waals surface area contributed by atoms with Crippen LogP contribution >= 0.6 is 0 Å². The molecule has 0 amide bonds. The van der Waals surface area contributed by atoms with Crippen molar-refractivity contribution in [2.24, 2.45) is 33.5 Å². The van der Waals surface area contributed by atoms with Crippen LogP contribution < -0.4 is 0 Å². The van der Waals surface area contributed by atoms with E-state index in [1.54, 1.807) is 41.5 Å². The average molecular weight is 435 g/mol. The quantitative estimate of drug-likeness (QED) is 0.679. The number of aliphatic hydroxyl groups excluding tert-OH is 1. The molecule has 3 rings (SSSR count). The average Bonchev–Trinajstić information content (AvgIpc) is 2.95. The van der Waals surface area contributed by atoms with E-state index in [4.69, 9.17) is 9.47 Å². The second-order valence-corrected chi connectivity index (χ2v) is 12.7. The number of ketones is 1. The van der Waals surface area contributed by atoms with Crippen LogP contribution in [0.3, 0.4) is 0 Å². The van der Waals surface area contributed by atoms with Crippen molar-refractivity contribution in [1.82, 2.24) is 0 Å². The Morgan fingerprint density at radius 3 is 2.06 bits per heavy atom. The molecule has 0 aromatic heterocycles. The Labute approximate surface area is 185 Å². The van der Waals surface area contributed by atoms with E-state index < -0.39 is 34.4 Å². The Hall–Kier alpha value is -1.69. The third-order valence-corrected chi connectivity index (χ3v) is 7.31. The topological polar surface area (TPSA) is 89.9 Å². The summed E-state index contributed by atoms with van der Waals surface area (Å²) in [7, 11) is 0. The summed E-state index contributed by atoms with van der Waals surface area (Å²) in [5.41, 5.74) is -1.11. The molecule has 0 saturated heterocycles. The van der Waals surface area contributed by atoms with E-state index in [1.807, 2.05) is 6.92 Å². The van der Waals surface area contributed by atoms with Crippen molar-refractivity contribution in [3.63, 3.8) is 0 Å². The second kappa shape index (κ2) is 7.16. The van der Waals surface area contributed by atoms with Gasteiger partial charge in [0.1, 0.15) is 6.61 Å². The molecule has 2 fully saturated rings. The van der Waals surface area contributed by atoms with Gasteiger partial charge in [-0.3, -0.25) is 14.4 Å². The maximum atomic E-state index is 13.2. The Bertz CT molecular complexity index is 837. The standard InChI is InChI=1S/C25H38O6/c1-22(2,3)20(28)30-12-14-16-18(27)19(31-21(29)23(4,5)6)25(16,9)15-11-24(7,8)10-13(15)17(14)26/h13,15,17,19,26H,10-12H2,1-9H3/t13-,15+,17+,19-,25-/m1/s1. The molecule has 0 aromatic carbocycles. The number of rotatable bonds is 3. The first-order valence-electron chi connectivity index (χ1n) is 11.3. The highest BCUT2D eigenvalue weighted by atomic mass is 16.6. The van der Waals surface area contributed by atoms with Crippen molar-refractivity contribution in [1.29, 1.82) is 0 Å². The lowest BCUT2D eigenvalue weighted by Crippen LogP contribution is -2.65. The molecule has 1 N–H and O–H groups in total. The van der Waals surface area contributed by atoms with Gasteiger partial charge in [0.15, 0.2) is 6.10 Å². The fourth-order valence-electron chi connectivity index (χ4n) is 5.59. The third-order valence-electron chi connectivity index (χ3n) is 7.31. The summed E-state index contributed by atoms with van der Waals surface area (Å²) in [5, 5.41) is 11.2. The molecule has 0 heterocycles. The lowest BCUT2D eigenvalue weighted by molar-refractivity contribution is -0.182. The molecule has 31 heavy (non-hydrogen) atoms. The molecule has 0 aliphatic heterocycles. The van der Waals surface area contributed by atoms with E-state index in [9.17, 15) is 19.5 Å². The molecule has 3 aliphatic carbocycles. The Kier molecular flexibility index (Phi) is 5.53. The zero-order chi connectivity index (χ0) is 23.7. The fourth-order valence-corrected chi connectivity index (χ4v) is 5.59. The van der Waals surface area contributed by atoms with Gasteiger partial charge in [-0.2, -0.15) is 0 Å². The van der Waals surface area contributed by atoms with E-state index in [-0.39, 0.29) is 35.6 Å². The van der Waals surface area contributed by atoms with Crippen LogP contribution in [0.4, 0.5) is 0 Å². The Balaban J connectivity index is 2.00. The maximum Gasteiger partial charge on any atom is 0.311 e. The third kappa shape index (κ3) is 3.85. The molecule has 3 aliphatic rings. The van der Waals surface area contributed by atoms with Crippen LogP contribution in [0.1, 0.15) is 75.2 Å². The van der Waals surface area contributed by atoms with Crippen LogP contribution in [-0.2, 0) is 23.9 Å². The van der Waals surface area contributed by atoms with E-state index in [0.29, 0.717) is 11.1 Å². The number of aliphatic hydroxyl groups is 1. The molecule has 0 unspecified atom stereocenters. The lowest BCUT2D eigenvalue weighted by atomic mass is 9.48. The SMILES string of the molecule is CC1(C)C[C@H]2[C@H](O)C(COC(=O)C(C)(C)C)=C3C(=O)[C@@H](OC(=O)C(C)(C)C)[C@]3(C)[C@H]2C1. The maximum absolute atomic E-state index is 13.2. The summed E-state index contributed by atoms with van der Waals surface area (Å²) < 4.78 is 11.3. The molecule has 174 valence electrons.